The third-order valence-electron chi connectivity index (χ3n) is 16.5. The van der Waals surface area contributed by atoms with Gasteiger partial charge in [0.25, 0.3) is 0 Å². The first-order chi connectivity index (χ1) is 34.2. The first kappa shape index (κ1) is 39.1. The van der Waals surface area contributed by atoms with Gasteiger partial charge in [0, 0.05) is 69.3 Å². The Labute approximate surface area is 412 Å². The van der Waals surface area contributed by atoms with Gasteiger partial charge in [0.15, 0.2) is 0 Å². The van der Waals surface area contributed by atoms with E-state index in [0.29, 0.717) is 0 Å². The van der Waals surface area contributed by atoms with Gasteiger partial charge in [0.1, 0.15) is 4.83 Å². The lowest BCUT2D eigenvalue weighted by atomic mass is 9.81. The Balaban J connectivity index is 0.864. The maximum atomic E-state index is 2.56. The molecule has 14 aromatic rings. The largest absolute Gasteiger partial charge is 0.308 e. The summed E-state index contributed by atoms with van der Waals surface area (Å²) in [6, 6.07) is 73.9. The molecule has 0 aliphatic heterocycles. The minimum atomic E-state index is -0.181. The Morgan fingerprint density at radius 3 is 1.77 bits per heavy atom. The maximum absolute atomic E-state index is 2.56. The number of hydrogen-bond acceptors (Lipinski definition) is 2. The zero-order valence-corrected chi connectivity index (χ0v) is 40.8. The lowest BCUT2D eigenvalue weighted by molar-refractivity contribution is 0.660. The van der Waals surface area contributed by atoms with Gasteiger partial charge in [-0.05, 0) is 127 Å². The van der Waals surface area contributed by atoms with Crippen molar-refractivity contribution in [2.75, 3.05) is 0 Å². The molecule has 4 heteroatoms. The highest BCUT2D eigenvalue weighted by molar-refractivity contribution is 7.26. The van der Waals surface area contributed by atoms with Gasteiger partial charge in [0.05, 0.1) is 21.3 Å². The van der Waals surface area contributed by atoms with Crippen LogP contribution in [-0.2, 0) is 10.8 Å². The van der Waals surface area contributed by atoms with E-state index in [1.807, 2.05) is 22.7 Å². The third kappa shape index (κ3) is 4.97. The zero-order chi connectivity index (χ0) is 46.4. The SMILES string of the molecule is CC1(C)c2ccccc2-c2cc(-n3c4ccc(-c5ccc6c(c5)C(C)(C)c5ccc(-n7c8ccc9ccccc9c8c8ccc9c%10ccccc%10sc9c87)cc5-6)cc4c4c5ccccc5sc43)ccc21. The number of rotatable bonds is 3. The highest BCUT2D eigenvalue weighted by Crippen LogP contribution is 2.54. The van der Waals surface area contributed by atoms with Crippen molar-refractivity contribution in [1.82, 2.24) is 9.13 Å². The zero-order valence-electron chi connectivity index (χ0n) is 39.2. The number of aromatic nitrogens is 2. The summed E-state index contributed by atoms with van der Waals surface area (Å²) < 4.78 is 9.07. The molecular formula is C66H44N2S2. The second-order valence-corrected chi connectivity index (χ2v) is 22.9. The van der Waals surface area contributed by atoms with Crippen molar-refractivity contribution < 1.29 is 0 Å². The van der Waals surface area contributed by atoms with Gasteiger partial charge >= 0.3 is 0 Å². The van der Waals surface area contributed by atoms with Gasteiger partial charge in [-0.15, -0.1) is 22.7 Å². The van der Waals surface area contributed by atoms with Crippen LogP contribution in [0.3, 0.4) is 0 Å². The van der Waals surface area contributed by atoms with Crippen molar-refractivity contribution in [3.05, 3.63) is 216 Å². The van der Waals surface area contributed by atoms with Gasteiger partial charge in [-0.3, -0.25) is 0 Å². The Kier molecular flexibility index (Phi) is 7.55. The maximum Gasteiger partial charge on any atom is 0.109 e. The molecule has 4 aromatic heterocycles. The van der Waals surface area contributed by atoms with E-state index in [-0.39, 0.29) is 10.8 Å². The van der Waals surface area contributed by atoms with E-state index in [2.05, 4.69) is 231 Å². The average Bonchev–Trinajstić information content (AvgIpc) is 4.21. The van der Waals surface area contributed by atoms with Crippen LogP contribution < -0.4 is 0 Å². The van der Waals surface area contributed by atoms with Crippen LogP contribution in [0.4, 0.5) is 0 Å². The lowest BCUT2D eigenvalue weighted by Gasteiger charge is -2.22. The fourth-order valence-corrected chi connectivity index (χ4v) is 15.6. The molecule has 0 saturated heterocycles. The minimum Gasteiger partial charge on any atom is -0.308 e. The molecule has 0 unspecified atom stereocenters. The molecule has 0 amide bonds. The molecule has 0 bridgehead atoms. The summed E-state index contributed by atoms with van der Waals surface area (Å²) >= 11 is 3.82. The normalized spacial score (nSPS) is 14.5. The van der Waals surface area contributed by atoms with Crippen LogP contribution in [0.25, 0.3) is 129 Å². The van der Waals surface area contributed by atoms with Crippen molar-refractivity contribution in [3.63, 3.8) is 0 Å². The summed E-state index contributed by atoms with van der Waals surface area (Å²) in [5.41, 5.74) is 19.4. The predicted octanol–water partition coefficient (Wildman–Crippen LogP) is 18.9. The molecular weight excluding hydrogens is 885 g/mol. The first-order valence-electron chi connectivity index (χ1n) is 24.5. The van der Waals surface area contributed by atoms with E-state index < -0.39 is 0 Å². The monoisotopic (exact) mass is 928 g/mol. The summed E-state index contributed by atoms with van der Waals surface area (Å²) in [4.78, 5) is 1.30. The van der Waals surface area contributed by atoms with E-state index in [1.165, 1.54) is 151 Å². The molecule has 70 heavy (non-hydrogen) atoms. The topological polar surface area (TPSA) is 9.86 Å². The highest BCUT2D eigenvalue weighted by atomic mass is 32.1. The molecule has 0 N–H and O–H groups in total. The molecule has 10 aromatic carbocycles. The Morgan fingerprint density at radius 2 is 0.957 bits per heavy atom. The minimum absolute atomic E-state index is 0.0335. The molecule has 330 valence electrons. The number of fused-ring (bicyclic) bond motifs is 20. The Morgan fingerprint density at radius 1 is 0.357 bits per heavy atom. The number of hydrogen-bond donors (Lipinski definition) is 0. The molecule has 0 saturated carbocycles. The summed E-state index contributed by atoms with van der Waals surface area (Å²) in [7, 11) is 0. The highest BCUT2D eigenvalue weighted by Gasteiger charge is 2.37. The van der Waals surface area contributed by atoms with Crippen LogP contribution in [0.15, 0.2) is 194 Å². The lowest BCUT2D eigenvalue weighted by Crippen LogP contribution is -2.15. The van der Waals surface area contributed by atoms with Gasteiger partial charge in [-0.1, -0.05) is 161 Å². The first-order valence-corrected chi connectivity index (χ1v) is 26.1. The molecule has 2 aliphatic rings. The summed E-state index contributed by atoms with van der Waals surface area (Å²) in [5, 5.41) is 11.8. The fourth-order valence-electron chi connectivity index (χ4n) is 13.2. The Hall–Kier alpha value is -7.76. The summed E-state index contributed by atoms with van der Waals surface area (Å²) in [6.07, 6.45) is 0. The molecule has 0 fully saturated rings. The number of thiophene rings is 2. The molecule has 2 aliphatic carbocycles. The van der Waals surface area contributed by atoms with Crippen LogP contribution in [0.5, 0.6) is 0 Å². The second-order valence-electron chi connectivity index (χ2n) is 20.8. The second kappa shape index (κ2) is 13.5. The van der Waals surface area contributed by atoms with E-state index in [4.69, 9.17) is 0 Å². The number of nitrogens with zero attached hydrogens (tertiary/aromatic N) is 2. The van der Waals surface area contributed by atoms with Crippen molar-refractivity contribution in [1.29, 1.82) is 0 Å². The van der Waals surface area contributed by atoms with Crippen molar-refractivity contribution in [2.24, 2.45) is 0 Å². The summed E-state index contributed by atoms with van der Waals surface area (Å²) in [6.45, 7) is 9.55. The van der Waals surface area contributed by atoms with Crippen LogP contribution in [-0.4, -0.2) is 9.13 Å². The number of benzene rings is 10. The third-order valence-corrected chi connectivity index (χ3v) is 18.9. The molecule has 0 atom stereocenters. The predicted molar refractivity (Wildman–Crippen MR) is 301 cm³/mol. The van der Waals surface area contributed by atoms with Crippen LogP contribution in [0, 0.1) is 0 Å². The quantitative estimate of drug-likeness (QED) is 0.167. The fraction of sp³-hybridized carbons (Fsp3) is 0.0909. The molecule has 4 heterocycles. The molecule has 16 rings (SSSR count). The van der Waals surface area contributed by atoms with Crippen molar-refractivity contribution in [3.8, 4) is 44.8 Å². The van der Waals surface area contributed by atoms with Crippen molar-refractivity contribution >= 4 is 107 Å². The van der Waals surface area contributed by atoms with Gasteiger partial charge in [-0.25, -0.2) is 0 Å². The van der Waals surface area contributed by atoms with E-state index in [9.17, 15) is 0 Å². The van der Waals surface area contributed by atoms with E-state index in [1.54, 1.807) is 0 Å². The standard InChI is InChI=1S/C66H44N2S2/c1-65(2)52-18-10-7-15-43(52)49-36-41(25-30-53(49)65)68-56-31-23-38(33-51(56)61-47-17-9-12-20-59(47)70-64(61)68)39-21-26-44-50-35-40(24-29-54(50)66(3,4)55(44)34-39)67-57-32-22-37-13-5-6-14-42(37)60(57)48-28-27-46-45-16-8-11-19-58(45)69-63(46)62(48)67/h5-36H,1-4H3. The van der Waals surface area contributed by atoms with Crippen LogP contribution in [0.2, 0.25) is 0 Å². The van der Waals surface area contributed by atoms with Crippen LogP contribution >= 0.6 is 22.7 Å². The van der Waals surface area contributed by atoms with Crippen LogP contribution in [0.1, 0.15) is 49.9 Å². The van der Waals surface area contributed by atoms with Gasteiger partial charge in [0.2, 0.25) is 0 Å². The van der Waals surface area contributed by atoms with Crippen molar-refractivity contribution in [2.45, 2.75) is 38.5 Å². The average molecular weight is 929 g/mol. The Bertz CT molecular complexity index is 4660. The molecule has 2 nitrogen and oxygen atoms in total. The van der Waals surface area contributed by atoms with E-state index >= 15 is 0 Å². The smallest absolute Gasteiger partial charge is 0.109 e. The van der Waals surface area contributed by atoms with Gasteiger partial charge in [-0.2, -0.15) is 0 Å². The molecule has 0 radical (unpaired) electrons. The molecule has 0 spiro atoms. The van der Waals surface area contributed by atoms with Gasteiger partial charge < -0.3 is 9.13 Å². The summed E-state index contributed by atoms with van der Waals surface area (Å²) in [5.74, 6) is 0. The van der Waals surface area contributed by atoms with E-state index in [0.717, 1.165) is 0 Å².